The van der Waals surface area contributed by atoms with Crippen LogP contribution in [0.4, 0.5) is 11.8 Å². The van der Waals surface area contributed by atoms with Gasteiger partial charge in [-0.25, -0.2) is 13.4 Å². The molecule has 1 aliphatic rings. The molecule has 1 unspecified atom stereocenters. The highest BCUT2D eigenvalue weighted by atomic mass is 32.2. The van der Waals surface area contributed by atoms with E-state index in [9.17, 15) is 8.42 Å². The fraction of sp³-hybridized carbons (Fsp3) is 0.400. The summed E-state index contributed by atoms with van der Waals surface area (Å²) in [5.41, 5.74) is 2.41. The number of hydrogen-bond acceptors (Lipinski definition) is 6. The van der Waals surface area contributed by atoms with Crippen molar-refractivity contribution in [1.29, 1.82) is 0 Å². The van der Waals surface area contributed by atoms with Crippen molar-refractivity contribution in [3.63, 3.8) is 0 Å². The Labute approximate surface area is 165 Å². The molecule has 0 saturated carbocycles. The van der Waals surface area contributed by atoms with Crippen LogP contribution in [0, 0.1) is 0 Å². The van der Waals surface area contributed by atoms with Gasteiger partial charge in [0.2, 0.25) is 5.95 Å². The van der Waals surface area contributed by atoms with Crippen LogP contribution in [0.25, 0.3) is 10.9 Å². The second kappa shape index (κ2) is 7.79. The average molecular weight is 400 g/mol. The summed E-state index contributed by atoms with van der Waals surface area (Å²) in [6.07, 6.45) is 5.29. The van der Waals surface area contributed by atoms with Gasteiger partial charge in [0.25, 0.3) is 0 Å². The molecule has 1 aliphatic heterocycles. The minimum atomic E-state index is -2.94. The van der Waals surface area contributed by atoms with Crippen molar-refractivity contribution in [1.82, 2.24) is 15.0 Å². The Bertz CT molecular complexity index is 1060. The lowest BCUT2D eigenvalue weighted by Gasteiger charge is -2.26. The summed E-state index contributed by atoms with van der Waals surface area (Å²) in [4.78, 5) is 14.3. The Kier molecular flexibility index (Phi) is 5.21. The van der Waals surface area contributed by atoms with Gasteiger partial charge in [-0.3, -0.25) is 0 Å². The van der Waals surface area contributed by atoms with Crippen LogP contribution in [0.15, 0.2) is 42.7 Å². The Hall–Kier alpha value is -2.61. The van der Waals surface area contributed by atoms with Crippen molar-refractivity contribution < 1.29 is 8.42 Å². The quantitative estimate of drug-likeness (QED) is 0.635. The van der Waals surface area contributed by atoms with Gasteiger partial charge in [0.15, 0.2) is 9.84 Å². The number of rotatable bonds is 7. The summed E-state index contributed by atoms with van der Waals surface area (Å²) in [6, 6.07) is 10.1. The van der Waals surface area contributed by atoms with E-state index in [1.807, 2.05) is 30.0 Å². The van der Waals surface area contributed by atoms with Crippen LogP contribution < -0.4 is 10.2 Å². The molecule has 0 spiro atoms. The van der Waals surface area contributed by atoms with Crippen LogP contribution in [-0.4, -0.2) is 54.0 Å². The standard InChI is InChI=1S/C20H25N5O2S/c1-2-25(16-9-12-28(26,27)14-16)20-22-11-8-19(24-20)21-10-7-15-13-23-18-6-4-3-5-17(15)18/h3-6,8,11,13,16,23H,2,7,9-10,12,14H2,1H3,(H,21,22,24). The summed E-state index contributed by atoms with van der Waals surface area (Å²) in [6.45, 7) is 3.44. The molecular weight excluding hydrogens is 374 g/mol. The molecule has 4 rings (SSSR count). The first-order valence-corrected chi connectivity index (χ1v) is 11.5. The number of aromatic amines is 1. The SMILES string of the molecule is CCN(c1nccc(NCCc2c[nH]c3ccccc23)n1)C1CCS(=O)(=O)C1. The molecular formula is C20H25N5O2S. The van der Waals surface area contributed by atoms with Gasteiger partial charge >= 0.3 is 0 Å². The van der Waals surface area contributed by atoms with Crippen molar-refractivity contribution in [3.05, 3.63) is 48.3 Å². The van der Waals surface area contributed by atoms with E-state index in [4.69, 9.17) is 0 Å². The molecule has 2 N–H and O–H groups in total. The molecule has 8 heteroatoms. The van der Waals surface area contributed by atoms with E-state index in [1.165, 1.54) is 10.9 Å². The lowest BCUT2D eigenvalue weighted by molar-refractivity contribution is 0.599. The minimum absolute atomic E-state index is 0.0449. The van der Waals surface area contributed by atoms with Crippen molar-refractivity contribution in [2.45, 2.75) is 25.8 Å². The van der Waals surface area contributed by atoms with E-state index in [0.717, 1.165) is 24.3 Å². The molecule has 3 heterocycles. The number of hydrogen-bond donors (Lipinski definition) is 2. The zero-order valence-corrected chi connectivity index (χ0v) is 16.7. The van der Waals surface area contributed by atoms with Gasteiger partial charge in [-0.2, -0.15) is 4.98 Å². The molecule has 1 aromatic carbocycles. The first-order valence-electron chi connectivity index (χ1n) is 9.65. The zero-order chi connectivity index (χ0) is 19.6. The minimum Gasteiger partial charge on any atom is -0.370 e. The third-order valence-electron chi connectivity index (χ3n) is 5.26. The molecule has 28 heavy (non-hydrogen) atoms. The van der Waals surface area contributed by atoms with Crippen molar-refractivity contribution in [3.8, 4) is 0 Å². The third-order valence-corrected chi connectivity index (χ3v) is 7.02. The lowest BCUT2D eigenvalue weighted by atomic mass is 10.1. The number of anilines is 2. The Morgan fingerprint density at radius 3 is 2.93 bits per heavy atom. The van der Waals surface area contributed by atoms with Crippen LogP contribution in [0.2, 0.25) is 0 Å². The summed E-state index contributed by atoms with van der Waals surface area (Å²) < 4.78 is 23.6. The van der Waals surface area contributed by atoms with Crippen LogP contribution in [0.1, 0.15) is 18.9 Å². The molecule has 1 saturated heterocycles. The lowest BCUT2D eigenvalue weighted by Crippen LogP contribution is -2.37. The first-order chi connectivity index (χ1) is 13.6. The number of aromatic nitrogens is 3. The molecule has 0 radical (unpaired) electrons. The molecule has 1 atom stereocenters. The summed E-state index contributed by atoms with van der Waals surface area (Å²) in [7, 11) is -2.94. The van der Waals surface area contributed by atoms with Gasteiger partial charge in [0.1, 0.15) is 5.82 Å². The summed E-state index contributed by atoms with van der Waals surface area (Å²) in [5, 5.41) is 4.61. The van der Waals surface area contributed by atoms with Crippen LogP contribution in [0.5, 0.6) is 0 Å². The molecule has 1 fully saturated rings. The van der Waals surface area contributed by atoms with E-state index >= 15 is 0 Å². The molecule has 0 amide bonds. The van der Waals surface area contributed by atoms with E-state index < -0.39 is 9.84 Å². The fourth-order valence-electron chi connectivity index (χ4n) is 3.83. The van der Waals surface area contributed by atoms with Gasteiger partial charge in [-0.1, -0.05) is 18.2 Å². The van der Waals surface area contributed by atoms with Gasteiger partial charge in [0.05, 0.1) is 11.5 Å². The Morgan fingerprint density at radius 2 is 2.14 bits per heavy atom. The molecule has 0 bridgehead atoms. The number of sulfone groups is 1. The van der Waals surface area contributed by atoms with Crippen LogP contribution >= 0.6 is 0 Å². The maximum atomic E-state index is 11.8. The Morgan fingerprint density at radius 1 is 1.29 bits per heavy atom. The number of nitrogens with one attached hydrogen (secondary N) is 2. The second-order valence-corrected chi connectivity index (χ2v) is 9.35. The number of H-pyrrole nitrogens is 1. The van der Waals surface area contributed by atoms with Crippen molar-refractivity contribution in [2.24, 2.45) is 0 Å². The van der Waals surface area contributed by atoms with E-state index in [1.54, 1.807) is 6.20 Å². The largest absolute Gasteiger partial charge is 0.370 e. The van der Waals surface area contributed by atoms with Crippen LogP contribution in [-0.2, 0) is 16.3 Å². The average Bonchev–Trinajstić information content (AvgIpc) is 3.26. The first kappa shape index (κ1) is 18.7. The van der Waals surface area contributed by atoms with Gasteiger partial charge in [-0.15, -0.1) is 0 Å². The zero-order valence-electron chi connectivity index (χ0n) is 15.9. The smallest absolute Gasteiger partial charge is 0.227 e. The fourth-order valence-corrected chi connectivity index (χ4v) is 5.56. The molecule has 148 valence electrons. The maximum absolute atomic E-state index is 11.8. The third kappa shape index (κ3) is 3.96. The number of nitrogens with zero attached hydrogens (tertiary/aromatic N) is 3. The highest BCUT2D eigenvalue weighted by molar-refractivity contribution is 7.91. The number of fused-ring (bicyclic) bond motifs is 1. The van der Waals surface area contributed by atoms with Crippen molar-refractivity contribution in [2.75, 3.05) is 34.8 Å². The highest BCUT2D eigenvalue weighted by Gasteiger charge is 2.32. The topological polar surface area (TPSA) is 91.0 Å². The van der Waals surface area contributed by atoms with Crippen molar-refractivity contribution >= 4 is 32.5 Å². The maximum Gasteiger partial charge on any atom is 0.227 e. The molecule has 7 nitrogen and oxygen atoms in total. The number of benzene rings is 1. The predicted molar refractivity (Wildman–Crippen MR) is 113 cm³/mol. The normalized spacial score (nSPS) is 18.4. The predicted octanol–water partition coefficient (Wildman–Crippen LogP) is 2.63. The second-order valence-electron chi connectivity index (χ2n) is 7.12. The summed E-state index contributed by atoms with van der Waals surface area (Å²) >= 11 is 0. The molecule has 2 aromatic heterocycles. The van der Waals surface area contributed by atoms with Gasteiger partial charge in [0, 0.05) is 42.4 Å². The Balaban J connectivity index is 1.42. The summed E-state index contributed by atoms with van der Waals surface area (Å²) in [5.74, 6) is 1.77. The molecule has 0 aliphatic carbocycles. The molecule has 3 aromatic rings. The monoisotopic (exact) mass is 399 g/mol. The van der Waals surface area contributed by atoms with E-state index in [-0.39, 0.29) is 17.5 Å². The van der Waals surface area contributed by atoms with E-state index in [2.05, 4.69) is 38.6 Å². The van der Waals surface area contributed by atoms with E-state index in [0.29, 0.717) is 18.9 Å². The van der Waals surface area contributed by atoms with Gasteiger partial charge in [-0.05, 0) is 37.5 Å². The van der Waals surface area contributed by atoms with Gasteiger partial charge < -0.3 is 15.2 Å². The number of para-hydroxylation sites is 1. The highest BCUT2D eigenvalue weighted by Crippen LogP contribution is 2.22. The van der Waals surface area contributed by atoms with Crippen LogP contribution in [0.3, 0.4) is 0 Å².